The van der Waals surface area contributed by atoms with Crippen molar-refractivity contribution in [1.29, 1.82) is 0 Å². The second-order valence-electron chi connectivity index (χ2n) is 5.95. The average Bonchev–Trinajstić information content (AvgIpc) is 2.46. The molecule has 0 saturated heterocycles. The van der Waals surface area contributed by atoms with Crippen molar-refractivity contribution in [1.82, 2.24) is 5.32 Å². The van der Waals surface area contributed by atoms with Gasteiger partial charge < -0.3 is 19.5 Å². The van der Waals surface area contributed by atoms with Crippen molar-refractivity contribution in [2.24, 2.45) is 0 Å². The molecule has 0 atom stereocenters. The second-order valence-corrected chi connectivity index (χ2v) is 6.36. The molecule has 0 fully saturated rings. The summed E-state index contributed by atoms with van der Waals surface area (Å²) in [5, 5.41) is 3.98. The van der Waals surface area contributed by atoms with Gasteiger partial charge in [-0.05, 0) is 65.3 Å². The Morgan fingerprint density at radius 2 is 1.87 bits per heavy atom. The number of benzene rings is 1. The van der Waals surface area contributed by atoms with Crippen LogP contribution in [0, 0.1) is 0 Å². The summed E-state index contributed by atoms with van der Waals surface area (Å²) in [6, 6.07) is 3.92. The van der Waals surface area contributed by atoms with Gasteiger partial charge in [0.1, 0.15) is 0 Å². The number of nitrogens with one attached hydrogen (secondary N) is 1. The van der Waals surface area contributed by atoms with E-state index < -0.39 is 0 Å². The number of rotatable bonds is 11. The third-order valence-corrected chi connectivity index (χ3v) is 3.28. The fraction of sp³-hybridized carbons (Fsp3) is 0.667. The van der Waals surface area contributed by atoms with Crippen molar-refractivity contribution >= 4 is 11.6 Å². The molecule has 23 heavy (non-hydrogen) atoms. The van der Waals surface area contributed by atoms with E-state index in [4.69, 9.17) is 25.8 Å². The molecular formula is C18H30ClNO3. The first-order valence-corrected chi connectivity index (χ1v) is 8.76. The van der Waals surface area contributed by atoms with Gasteiger partial charge in [-0.3, -0.25) is 0 Å². The van der Waals surface area contributed by atoms with E-state index in [0.717, 1.165) is 31.7 Å². The molecule has 0 aliphatic carbocycles. The zero-order valence-corrected chi connectivity index (χ0v) is 15.7. The lowest BCUT2D eigenvalue weighted by atomic mass is 10.2. The minimum Gasteiger partial charge on any atom is -0.490 e. The van der Waals surface area contributed by atoms with Crippen molar-refractivity contribution in [2.45, 2.75) is 59.8 Å². The molecule has 4 nitrogen and oxygen atoms in total. The van der Waals surface area contributed by atoms with Crippen LogP contribution in [-0.2, 0) is 11.3 Å². The maximum absolute atomic E-state index is 6.36. The Labute approximate surface area is 145 Å². The Balaban J connectivity index is 2.58. The first kappa shape index (κ1) is 20.1. The quantitative estimate of drug-likeness (QED) is 0.603. The molecule has 0 aliphatic heterocycles. The molecule has 0 heterocycles. The van der Waals surface area contributed by atoms with E-state index in [-0.39, 0.29) is 12.2 Å². The standard InChI is InChI=1S/C18H30ClNO3/c1-6-21-17-11-15(10-16(19)18(17)23-14(4)5)12-20-8-7-9-22-13(2)3/h10-11,13-14,20H,6-9,12H2,1-5H3. The van der Waals surface area contributed by atoms with E-state index in [1.807, 2.05) is 46.8 Å². The van der Waals surface area contributed by atoms with E-state index in [0.29, 0.717) is 23.1 Å². The van der Waals surface area contributed by atoms with Crippen molar-refractivity contribution < 1.29 is 14.2 Å². The predicted molar refractivity (Wildman–Crippen MR) is 95.8 cm³/mol. The largest absolute Gasteiger partial charge is 0.490 e. The summed E-state index contributed by atoms with van der Waals surface area (Å²) in [4.78, 5) is 0. The van der Waals surface area contributed by atoms with Gasteiger partial charge in [-0.2, -0.15) is 0 Å². The lowest BCUT2D eigenvalue weighted by Gasteiger charge is -2.17. The van der Waals surface area contributed by atoms with Crippen LogP contribution in [0.5, 0.6) is 11.5 Å². The highest BCUT2D eigenvalue weighted by Crippen LogP contribution is 2.37. The molecule has 0 spiro atoms. The number of hydrogen-bond acceptors (Lipinski definition) is 4. The molecule has 0 aliphatic rings. The Bertz CT molecular complexity index is 464. The molecule has 0 saturated carbocycles. The minimum atomic E-state index is 0.0524. The summed E-state index contributed by atoms with van der Waals surface area (Å²) in [5.41, 5.74) is 1.08. The third-order valence-electron chi connectivity index (χ3n) is 3.00. The molecular weight excluding hydrogens is 314 g/mol. The summed E-state index contributed by atoms with van der Waals surface area (Å²) in [7, 11) is 0. The molecule has 0 unspecified atom stereocenters. The second kappa shape index (κ2) is 10.7. The van der Waals surface area contributed by atoms with Gasteiger partial charge in [0.15, 0.2) is 11.5 Å². The molecule has 132 valence electrons. The maximum atomic E-state index is 6.36. The first-order valence-electron chi connectivity index (χ1n) is 8.38. The molecule has 5 heteroatoms. The van der Waals surface area contributed by atoms with E-state index in [2.05, 4.69) is 5.32 Å². The van der Waals surface area contributed by atoms with E-state index >= 15 is 0 Å². The zero-order valence-electron chi connectivity index (χ0n) is 14.9. The van der Waals surface area contributed by atoms with Crippen molar-refractivity contribution in [2.75, 3.05) is 19.8 Å². The van der Waals surface area contributed by atoms with Crippen LogP contribution in [0.3, 0.4) is 0 Å². The Morgan fingerprint density at radius 3 is 2.48 bits per heavy atom. The maximum Gasteiger partial charge on any atom is 0.180 e. The van der Waals surface area contributed by atoms with Crippen LogP contribution in [0.2, 0.25) is 5.02 Å². The molecule has 0 radical (unpaired) electrons. The van der Waals surface area contributed by atoms with Gasteiger partial charge in [0.25, 0.3) is 0 Å². The van der Waals surface area contributed by atoms with E-state index in [1.165, 1.54) is 0 Å². The normalized spacial score (nSPS) is 11.3. The average molecular weight is 344 g/mol. The monoisotopic (exact) mass is 343 g/mol. The first-order chi connectivity index (χ1) is 10.9. The predicted octanol–water partition coefficient (Wildman–Crippen LogP) is 4.43. The van der Waals surface area contributed by atoms with E-state index in [1.54, 1.807) is 0 Å². The van der Waals surface area contributed by atoms with Crippen LogP contribution in [0.25, 0.3) is 0 Å². The summed E-state index contributed by atoms with van der Waals surface area (Å²) in [6.07, 6.45) is 1.33. The Hall–Kier alpha value is -0.970. The highest BCUT2D eigenvalue weighted by molar-refractivity contribution is 6.32. The van der Waals surface area contributed by atoms with Crippen LogP contribution in [0.15, 0.2) is 12.1 Å². The number of hydrogen-bond donors (Lipinski definition) is 1. The fourth-order valence-corrected chi connectivity index (χ4v) is 2.36. The van der Waals surface area contributed by atoms with Gasteiger partial charge in [0.05, 0.1) is 23.8 Å². The SMILES string of the molecule is CCOc1cc(CNCCCOC(C)C)cc(Cl)c1OC(C)C. The van der Waals surface area contributed by atoms with Crippen LogP contribution >= 0.6 is 11.6 Å². The van der Waals surface area contributed by atoms with Crippen molar-refractivity contribution in [3.63, 3.8) is 0 Å². The molecule has 1 N–H and O–H groups in total. The third kappa shape index (κ3) is 7.91. The summed E-state index contributed by atoms with van der Waals surface area (Å²) in [6.45, 7) is 13.0. The highest BCUT2D eigenvalue weighted by atomic mass is 35.5. The van der Waals surface area contributed by atoms with Gasteiger partial charge >= 0.3 is 0 Å². The van der Waals surface area contributed by atoms with Crippen LogP contribution in [-0.4, -0.2) is 32.0 Å². The lowest BCUT2D eigenvalue weighted by molar-refractivity contribution is 0.0770. The molecule has 0 bridgehead atoms. The molecule has 1 aromatic rings. The highest BCUT2D eigenvalue weighted by Gasteiger charge is 2.13. The fourth-order valence-electron chi connectivity index (χ4n) is 2.09. The summed E-state index contributed by atoms with van der Waals surface area (Å²) < 4.78 is 17.0. The summed E-state index contributed by atoms with van der Waals surface area (Å²) in [5.74, 6) is 1.33. The molecule has 0 amide bonds. The zero-order chi connectivity index (χ0) is 17.2. The van der Waals surface area contributed by atoms with Gasteiger partial charge in [-0.15, -0.1) is 0 Å². The minimum absolute atomic E-state index is 0.0524. The number of ether oxygens (including phenoxy) is 3. The topological polar surface area (TPSA) is 39.7 Å². The Kier molecular flexibility index (Phi) is 9.37. The Morgan fingerprint density at radius 1 is 1.13 bits per heavy atom. The van der Waals surface area contributed by atoms with E-state index in [9.17, 15) is 0 Å². The van der Waals surface area contributed by atoms with Gasteiger partial charge in [0, 0.05) is 13.2 Å². The number of halogens is 1. The molecule has 0 aromatic heterocycles. The summed E-state index contributed by atoms with van der Waals surface area (Å²) >= 11 is 6.36. The van der Waals surface area contributed by atoms with Crippen molar-refractivity contribution in [3.8, 4) is 11.5 Å². The molecule has 1 aromatic carbocycles. The lowest BCUT2D eigenvalue weighted by Crippen LogP contribution is -2.17. The molecule has 1 rings (SSSR count). The smallest absolute Gasteiger partial charge is 0.180 e. The van der Waals surface area contributed by atoms with Crippen LogP contribution in [0.1, 0.15) is 46.6 Å². The van der Waals surface area contributed by atoms with Crippen molar-refractivity contribution in [3.05, 3.63) is 22.7 Å². The van der Waals surface area contributed by atoms with Crippen LogP contribution in [0.4, 0.5) is 0 Å². The van der Waals surface area contributed by atoms with Gasteiger partial charge in [-0.25, -0.2) is 0 Å². The van der Waals surface area contributed by atoms with Gasteiger partial charge in [-0.1, -0.05) is 11.6 Å². The van der Waals surface area contributed by atoms with Crippen LogP contribution < -0.4 is 14.8 Å². The van der Waals surface area contributed by atoms with Gasteiger partial charge in [0.2, 0.25) is 0 Å².